The molecule has 0 radical (unpaired) electrons. The van der Waals surface area contributed by atoms with Crippen LogP contribution < -0.4 is 10.2 Å². The highest BCUT2D eigenvalue weighted by Gasteiger charge is 2.42. The molecule has 1 aliphatic carbocycles. The molecule has 6 heteroatoms. The predicted molar refractivity (Wildman–Crippen MR) is 111 cm³/mol. The SMILES string of the molecule is N#Cc1cccc(N2CC[C@@H](NC(=O)C[C@@H]3C[C@@H]3c3nc4ccccc4[nH]3)C2)c1. The summed E-state index contributed by atoms with van der Waals surface area (Å²) in [6.45, 7) is 1.68. The fourth-order valence-electron chi connectivity index (χ4n) is 4.37. The van der Waals surface area contributed by atoms with Gasteiger partial charge in [0.2, 0.25) is 5.91 Å². The van der Waals surface area contributed by atoms with Gasteiger partial charge in [-0.3, -0.25) is 4.79 Å². The van der Waals surface area contributed by atoms with Crippen LogP contribution in [0.1, 0.15) is 36.6 Å². The number of amides is 1. The molecule has 2 aromatic carbocycles. The van der Waals surface area contributed by atoms with Crippen LogP contribution in [0.4, 0.5) is 5.69 Å². The fourth-order valence-corrected chi connectivity index (χ4v) is 4.37. The summed E-state index contributed by atoms with van der Waals surface area (Å²) in [5.41, 5.74) is 3.77. The minimum atomic E-state index is 0.131. The van der Waals surface area contributed by atoms with Gasteiger partial charge in [0, 0.05) is 37.2 Å². The van der Waals surface area contributed by atoms with E-state index in [4.69, 9.17) is 5.26 Å². The van der Waals surface area contributed by atoms with E-state index in [1.165, 1.54) is 0 Å². The molecule has 0 bridgehead atoms. The number of anilines is 1. The van der Waals surface area contributed by atoms with Crippen molar-refractivity contribution >= 4 is 22.6 Å². The molecule has 5 rings (SSSR count). The van der Waals surface area contributed by atoms with Gasteiger partial charge in [0.1, 0.15) is 5.82 Å². The molecule has 2 aliphatic rings. The number of fused-ring (bicyclic) bond motifs is 1. The van der Waals surface area contributed by atoms with Crippen LogP contribution in [0.2, 0.25) is 0 Å². The van der Waals surface area contributed by atoms with E-state index in [1.54, 1.807) is 0 Å². The van der Waals surface area contributed by atoms with Gasteiger partial charge in [-0.05, 0) is 49.1 Å². The summed E-state index contributed by atoms with van der Waals surface area (Å²) >= 11 is 0. The highest BCUT2D eigenvalue weighted by Crippen LogP contribution is 2.48. The second-order valence-corrected chi connectivity index (χ2v) is 8.11. The molecular weight excluding hydrogens is 362 g/mol. The first-order chi connectivity index (χ1) is 14.2. The van der Waals surface area contributed by atoms with Crippen LogP contribution >= 0.6 is 0 Å². The lowest BCUT2D eigenvalue weighted by molar-refractivity contribution is -0.122. The van der Waals surface area contributed by atoms with Crippen LogP contribution in [0.3, 0.4) is 0 Å². The third-order valence-corrected chi connectivity index (χ3v) is 6.02. The van der Waals surface area contributed by atoms with Crippen LogP contribution in [0, 0.1) is 17.2 Å². The first-order valence-corrected chi connectivity index (χ1v) is 10.2. The standard InChI is InChI=1S/C23H23N5O/c24-13-15-4-3-5-18(10-15)28-9-8-17(14-28)25-22(29)12-16-11-19(16)23-26-20-6-1-2-7-21(20)27-23/h1-7,10,16-17,19H,8-9,11-12,14H2,(H,25,29)(H,26,27)/t16-,17+,19-/m0/s1. The first-order valence-electron chi connectivity index (χ1n) is 10.2. The normalized spacial score (nSPS) is 23.1. The zero-order chi connectivity index (χ0) is 19.8. The smallest absolute Gasteiger partial charge is 0.220 e. The Kier molecular flexibility index (Phi) is 4.44. The van der Waals surface area contributed by atoms with E-state index in [0.717, 1.165) is 48.5 Å². The maximum Gasteiger partial charge on any atom is 0.220 e. The molecule has 6 nitrogen and oxygen atoms in total. The summed E-state index contributed by atoms with van der Waals surface area (Å²) < 4.78 is 0. The molecule has 1 aliphatic heterocycles. The van der Waals surface area contributed by atoms with Gasteiger partial charge in [-0.1, -0.05) is 18.2 Å². The third kappa shape index (κ3) is 3.68. The van der Waals surface area contributed by atoms with Crippen molar-refractivity contribution in [2.45, 2.75) is 31.2 Å². The van der Waals surface area contributed by atoms with E-state index in [1.807, 2.05) is 48.5 Å². The van der Waals surface area contributed by atoms with Gasteiger partial charge in [0.15, 0.2) is 0 Å². The Morgan fingerprint density at radius 1 is 1.28 bits per heavy atom. The number of nitriles is 1. The second kappa shape index (κ2) is 7.25. The van der Waals surface area contributed by atoms with Crippen molar-refractivity contribution in [1.82, 2.24) is 15.3 Å². The van der Waals surface area contributed by atoms with E-state index in [9.17, 15) is 4.79 Å². The Balaban J connectivity index is 1.14. The molecule has 2 heterocycles. The van der Waals surface area contributed by atoms with Crippen molar-refractivity contribution < 1.29 is 4.79 Å². The Morgan fingerprint density at radius 2 is 2.17 bits per heavy atom. The summed E-state index contributed by atoms with van der Waals surface area (Å²) in [6.07, 6.45) is 2.51. The van der Waals surface area contributed by atoms with E-state index in [0.29, 0.717) is 23.8 Å². The van der Waals surface area contributed by atoms with Crippen molar-refractivity contribution in [3.8, 4) is 6.07 Å². The van der Waals surface area contributed by atoms with Gasteiger partial charge >= 0.3 is 0 Å². The topological polar surface area (TPSA) is 84.8 Å². The number of imidazole rings is 1. The zero-order valence-electron chi connectivity index (χ0n) is 16.1. The van der Waals surface area contributed by atoms with Gasteiger partial charge in [-0.2, -0.15) is 5.26 Å². The van der Waals surface area contributed by atoms with Crippen LogP contribution in [-0.4, -0.2) is 35.0 Å². The largest absolute Gasteiger partial charge is 0.369 e. The molecule has 1 saturated carbocycles. The van der Waals surface area contributed by atoms with E-state index in [2.05, 4.69) is 26.3 Å². The first kappa shape index (κ1) is 17.7. The van der Waals surface area contributed by atoms with Gasteiger partial charge in [-0.15, -0.1) is 0 Å². The summed E-state index contributed by atoms with van der Waals surface area (Å²) in [4.78, 5) is 22.8. The van der Waals surface area contributed by atoms with Gasteiger partial charge in [-0.25, -0.2) is 4.98 Å². The lowest BCUT2D eigenvalue weighted by atomic mass is 10.2. The number of para-hydroxylation sites is 2. The number of hydrogen-bond acceptors (Lipinski definition) is 4. The second-order valence-electron chi connectivity index (χ2n) is 8.11. The summed E-state index contributed by atoms with van der Waals surface area (Å²) in [7, 11) is 0. The van der Waals surface area contributed by atoms with Crippen LogP contribution in [0.5, 0.6) is 0 Å². The number of H-pyrrole nitrogens is 1. The van der Waals surface area contributed by atoms with E-state index in [-0.39, 0.29) is 11.9 Å². The average molecular weight is 385 g/mol. The number of rotatable bonds is 5. The number of nitrogens with one attached hydrogen (secondary N) is 2. The Morgan fingerprint density at radius 3 is 3.03 bits per heavy atom. The number of nitrogens with zero attached hydrogens (tertiary/aromatic N) is 3. The zero-order valence-corrected chi connectivity index (χ0v) is 16.1. The van der Waals surface area contributed by atoms with Gasteiger partial charge in [0.25, 0.3) is 0 Å². The number of aromatic amines is 1. The molecule has 3 atom stereocenters. The molecule has 2 fully saturated rings. The predicted octanol–water partition coefficient (Wildman–Crippen LogP) is 3.32. The molecule has 3 aromatic rings. The molecular formula is C23H23N5O. The quantitative estimate of drug-likeness (QED) is 0.706. The van der Waals surface area contributed by atoms with Crippen molar-refractivity contribution in [2.75, 3.05) is 18.0 Å². The number of carbonyl (C=O) groups is 1. The average Bonchev–Trinajstić information content (AvgIpc) is 3.15. The minimum absolute atomic E-state index is 0.131. The lowest BCUT2D eigenvalue weighted by Gasteiger charge is -2.19. The van der Waals surface area contributed by atoms with Crippen molar-refractivity contribution in [3.63, 3.8) is 0 Å². The minimum Gasteiger partial charge on any atom is -0.369 e. The molecule has 1 saturated heterocycles. The van der Waals surface area contributed by atoms with Crippen molar-refractivity contribution in [2.24, 2.45) is 5.92 Å². The molecule has 1 aromatic heterocycles. The maximum absolute atomic E-state index is 12.5. The molecule has 0 unspecified atom stereocenters. The lowest BCUT2D eigenvalue weighted by Crippen LogP contribution is -2.37. The van der Waals surface area contributed by atoms with Crippen LogP contribution in [0.15, 0.2) is 48.5 Å². The molecule has 2 N–H and O–H groups in total. The summed E-state index contributed by atoms with van der Waals surface area (Å²) in [5, 5.41) is 12.3. The van der Waals surface area contributed by atoms with E-state index >= 15 is 0 Å². The van der Waals surface area contributed by atoms with Crippen molar-refractivity contribution in [3.05, 3.63) is 59.9 Å². The van der Waals surface area contributed by atoms with Crippen LogP contribution in [-0.2, 0) is 4.79 Å². The van der Waals surface area contributed by atoms with Gasteiger partial charge in [0.05, 0.1) is 22.7 Å². The number of carbonyl (C=O) groups excluding carboxylic acids is 1. The Bertz CT molecular complexity index is 1060. The Labute approximate surface area is 169 Å². The van der Waals surface area contributed by atoms with Gasteiger partial charge < -0.3 is 15.2 Å². The maximum atomic E-state index is 12.5. The summed E-state index contributed by atoms with van der Waals surface area (Å²) in [5.74, 6) is 1.88. The highest BCUT2D eigenvalue weighted by molar-refractivity contribution is 5.78. The number of aromatic nitrogens is 2. The van der Waals surface area contributed by atoms with Crippen molar-refractivity contribution in [1.29, 1.82) is 5.26 Å². The summed E-state index contributed by atoms with van der Waals surface area (Å²) in [6, 6.07) is 18.0. The third-order valence-electron chi connectivity index (χ3n) is 6.02. The number of hydrogen-bond donors (Lipinski definition) is 2. The monoisotopic (exact) mass is 385 g/mol. The molecule has 1 amide bonds. The molecule has 146 valence electrons. The molecule has 29 heavy (non-hydrogen) atoms. The van der Waals surface area contributed by atoms with Crippen LogP contribution in [0.25, 0.3) is 11.0 Å². The highest BCUT2D eigenvalue weighted by atomic mass is 16.1. The fraction of sp³-hybridized carbons (Fsp3) is 0.348. The number of benzene rings is 2. The van der Waals surface area contributed by atoms with E-state index < -0.39 is 0 Å². The molecule has 0 spiro atoms. The Hall–Kier alpha value is -3.33.